The molecule has 2 aromatic carbocycles. The van der Waals surface area contributed by atoms with Gasteiger partial charge < -0.3 is 10.6 Å². The molecular weight excluding hydrogens is 441 g/mol. The van der Waals surface area contributed by atoms with Gasteiger partial charge in [-0.3, -0.25) is 4.90 Å². The van der Waals surface area contributed by atoms with Crippen molar-refractivity contribution in [1.29, 1.82) is 0 Å². The minimum atomic E-state index is -4.45. The second-order valence-electron chi connectivity index (χ2n) is 8.17. The molecule has 0 saturated heterocycles. The van der Waals surface area contributed by atoms with Gasteiger partial charge in [-0.25, -0.2) is 9.78 Å². The lowest BCUT2D eigenvalue weighted by atomic mass is 10.0. The summed E-state index contributed by atoms with van der Waals surface area (Å²) in [6, 6.07) is 14.2. The number of aromatic nitrogens is 1. The van der Waals surface area contributed by atoms with E-state index >= 15 is 0 Å². The Bertz CT molecular complexity index is 1170. The van der Waals surface area contributed by atoms with Crippen molar-refractivity contribution in [3.63, 3.8) is 0 Å². The van der Waals surface area contributed by atoms with Crippen molar-refractivity contribution in [2.24, 2.45) is 0 Å². The number of aryl methyl sites for hydroxylation is 2. The third-order valence-electron chi connectivity index (χ3n) is 5.97. The van der Waals surface area contributed by atoms with E-state index in [9.17, 15) is 18.0 Å². The number of halogens is 3. The van der Waals surface area contributed by atoms with Crippen LogP contribution in [0.4, 0.5) is 35.2 Å². The highest BCUT2D eigenvalue weighted by atomic mass is 19.4. The van der Waals surface area contributed by atoms with Gasteiger partial charge in [-0.2, -0.15) is 13.2 Å². The van der Waals surface area contributed by atoms with Crippen LogP contribution in [0.3, 0.4) is 0 Å². The van der Waals surface area contributed by atoms with Crippen molar-refractivity contribution >= 4 is 23.2 Å². The number of urea groups is 1. The SMILES string of the molecule is CCc1cccc(CC)c1NC(=O)N1CCCNc2ccc(-c3cccc(C(F)(F)F)c3)nc21. The zero-order valence-electron chi connectivity index (χ0n) is 19.2. The fourth-order valence-electron chi connectivity index (χ4n) is 4.15. The number of nitrogens with zero attached hydrogens (tertiary/aromatic N) is 2. The normalized spacial score (nSPS) is 13.6. The zero-order chi connectivity index (χ0) is 24.3. The number of carbonyl (C=O) groups is 1. The van der Waals surface area contributed by atoms with E-state index in [4.69, 9.17) is 0 Å². The molecule has 0 fully saturated rings. The van der Waals surface area contributed by atoms with E-state index in [1.165, 1.54) is 6.07 Å². The molecular formula is C26H27F3N4O. The maximum absolute atomic E-state index is 13.5. The van der Waals surface area contributed by atoms with Gasteiger partial charge in [0.15, 0.2) is 5.82 Å². The van der Waals surface area contributed by atoms with Crippen LogP contribution in [0.5, 0.6) is 0 Å². The molecule has 0 unspecified atom stereocenters. The van der Waals surface area contributed by atoms with Crippen molar-refractivity contribution in [2.45, 2.75) is 39.3 Å². The number of alkyl halides is 3. The number of para-hydroxylation sites is 1. The van der Waals surface area contributed by atoms with Gasteiger partial charge >= 0.3 is 12.2 Å². The number of nitrogens with one attached hydrogen (secondary N) is 2. The summed E-state index contributed by atoms with van der Waals surface area (Å²) in [6.45, 7) is 5.17. The number of hydrogen-bond acceptors (Lipinski definition) is 3. The monoisotopic (exact) mass is 468 g/mol. The minimum absolute atomic E-state index is 0.311. The Morgan fingerprint density at radius 2 is 1.76 bits per heavy atom. The molecule has 0 spiro atoms. The van der Waals surface area contributed by atoms with Gasteiger partial charge in [0, 0.05) is 24.3 Å². The maximum Gasteiger partial charge on any atom is 0.416 e. The summed E-state index contributed by atoms with van der Waals surface area (Å²) in [5, 5.41) is 6.35. The number of fused-ring (bicyclic) bond motifs is 1. The van der Waals surface area contributed by atoms with Gasteiger partial charge in [-0.15, -0.1) is 0 Å². The lowest BCUT2D eigenvalue weighted by molar-refractivity contribution is -0.137. The Hall–Kier alpha value is -3.55. The van der Waals surface area contributed by atoms with Gasteiger partial charge in [0.2, 0.25) is 0 Å². The summed E-state index contributed by atoms with van der Waals surface area (Å²) in [7, 11) is 0. The van der Waals surface area contributed by atoms with Gasteiger partial charge in [-0.1, -0.05) is 44.2 Å². The maximum atomic E-state index is 13.5. The van der Waals surface area contributed by atoms with Crippen molar-refractivity contribution < 1.29 is 18.0 Å². The lowest BCUT2D eigenvalue weighted by Gasteiger charge is -2.24. The highest BCUT2D eigenvalue weighted by Gasteiger charge is 2.31. The van der Waals surface area contributed by atoms with Crippen LogP contribution in [0.2, 0.25) is 0 Å². The fourth-order valence-corrected chi connectivity index (χ4v) is 4.15. The Kier molecular flexibility index (Phi) is 6.77. The molecule has 4 rings (SSSR count). The van der Waals surface area contributed by atoms with Crippen molar-refractivity contribution in [1.82, 2.24) is 4.98 Å². The van der Waals surface area contributed by atoms with Crippen LogP contribution in [0, 0.1) is 0 Å². The Morgan fingerprint density at radius 1 is 1.06 bits per heavy atom. The van der Waals surface area contributed by atoms with Crippen LogP contribution in [-0.4, -0.2) is 24.1 Å². The number of rotatable bonds is 4. The lowest BCUT2D eigenvalue weighted by Crippen LogP contribution is -2.36. The van der Waals surface area contributed by atoms with Gasteiger partial charge in [-0.05, 0) is 54.7 Å². The van der Waals surface area contributed by atoms with E-state index in [-0.39, 0.29) is 6.03 Å². The number of anilines is 3. The quantitative estimate of drug-likeness (QED) is 0.446. The molecule has 1 aliphatic rings. The van der Waals surface area contributed by atoms with Crippen LogP contribution in [0.15, 0.2) is 54.6 Å². The summed E-state index contributed by atoms with van der Waals surface area (Å²) in [6.07, 6.45) is -2.18. The van der Waals surface area contributed by atoms with Crippen molar-refractivity contribution in [3.05, 3.63) is 71.3 Å². The summed E-state index contributed by atoms with van der Waals surface area (Å²) >= 11 is 0. The van der Waals surface area contributed by atoms with Crippen molar-refractivity contribution in [2.75, 3.05) is 28.6 Å². The van der Waals surface area contributed by atoms with E-state index in [2.05, 4.69) is 15.6 Å². The van der Waals surface area contributed by atoms with Crippen LogP contribution in [0.25, 0.3) is 11.3 Å². The zero-order valence-corrected chi connectivity index (χ0v) is 19.2. The molecule has 2 amide bonds. The number of hydrogen-bond donors (Lipinski definition) is 2. The molecule has 1 aliphatic heterocycles. The van der Waals surface area contributed by atoms with Crippen LogP contribution < -0.4 is 15.5 Å². The van der Waals surface area contributed by atoms with Gasteiger partial charge in [0.05, 0.1) is 16.9 Å². The van der Waals surface area contributed by atoms with Gasteiger partial charge in [0.25, 0.3) is 0 Å². The highest BCUT2D eigenvalue weighted by Crippen LogP contribution is 2.34. The standard InChI is InChI=1S/C26H27F3N4O/c1-3-17-8-5-9-18(4-2)23(17)32-25(34)33-15-7-14-30-22-13-12-21(31-24(22)33)19-10-6-11-20(16-19)26(27,28)29/h5-6,8-13,16,30H,3-4,7,14-15H2,1-2H3,(H,32,34). The highest BCUT2D eigenvalue weighted by molar-refractivity contribution is 6.04. The summed E-state index contributed by atoms with van der Waals surface area (Å²) in [4.78, 5) is 19.7. The Balaban J connectivity index is 1.71. The summed E-state index contributed by atoms with van der Waals surface area (Å²) < 4.78 is 39.7. The molecule has 1 aromatic heterocycles. The van der Waals surface area contributed by atoms with Gasteiger partial charge in [0.1, 0.15) is 0 Å². The average molecular weight is 469 g/mol. The topological polar surface area (TPSA) is 57.3 Å². The predicted octanol–water partition coefficient (Wildman–Crippen LogP) is 6.75. The first-order chi connectivity index (χ1) is 16.3. The first-order valence-corrected chi connectivity index (χ1v) is 11.4. The number of amides is 2. The second kappa shape index (κ2) is 9.75. The molecule has 0 saturated carbocycles. The fraction of sp³-hybridized carbons (Fsp3) is 0.308. The van der Waals surface area contributed by atoms with E-state index < -0.39 is 11.7 Å². The molecule has 178 valence electrons. The number of pyridine rings is 1. The molecule has 5 nitrogen and oxygen atoms in total. The molecule has 34 heavy (non-hydrogen) atoms. The second-order valence-corrected chi connectivity index (χ2v) is 8.17. The average Bonchev–Trinajstić information content (AvgIpc) is 3.05. The first kappa shape index (κ1) is 23.6. The minimum Gasteiger partial charge on any atom is -0.382 e. The number of carbonyl (C=O) groups excluding carboxylic acids is 1. The van der Waals surface area contributed by atoms with Crippen LogP contribution >= 0.6 is 0 Å². The van der Waals surface area contributed by atoms with Crippen LogP contribution in [-0.2, 0) is 19.0 Å². The molecule has 2 N–H and O–H groups in total. The number of benzene rings is 2. The molecule has 0 atom stereocenters. The summed E-state index contributed by atoms with van der Waals surface area (Å²) in [5.74, 6) is 0.400. The molecule has 8 heteroatoms. The third kappa shape index (κ3) is 4.85. The first-order valence-electron chi connectivity index (χ1n) is 11.4. The van der Waals surface area contributed by atoms with E-state index in [1.54, 1.807) is 23.1 Å². The van der Waals surface area contributed by atoms with Crippen LogP contribution in [0.1, 0.15) is 37.0 Å². The summed E-state index contributed by atoms with van der Waals surface area (Å²) in [5.41, 5.74) is 3.55. The van der Waals surface area contributed by atoms with E-state index in [0.29, 0.717) is 42.3 Å². The Morgan fingerprint density at radius 3 is 2.44 bits per heavy atom. The van der Waals surface area contributed by atoms with Crippen molar-refractivity contribution in [3.8, 4) is 11.3 Å². The van der Waals surface area contributed by atoms with E-state index in [1.807, 2.05) is 32.0 Å². The smallest absolute Gasteiger partial charge is 0.382 e. The predicted molar refractivity (Wildman–Crippen MR) is 129 cm³/mol. The molecule has 0 aliphatic carbocycles. The molecule has 0 bridgehead atoms. The largest absolute Gasteiger partial charge is 0.416 e. The molecule has 3 aromatic rings. The molecule has 0 radical (unpaired) electrons. The third-order valence-corrected chi connectivity index (χ3v) is 5.97. The molecule has 2 heterocycles. The Labute approximate surface area is 197 Å². The van der Waals surface area contributed by atoms with E-state index in [0.717, 1.165) is 41.8 Å².